The van der Waals surface area contributed by atoms with E-state index >= 15 is 0 Å². The molecular weight excluding hydrogens is 393 g/mol. The third kappa shape index (κ3) is 3.26. The molecule has 1 saturated carbocycles. The molecule has 2 fully saturated rings. The van der Waals surface area contributed by atoms with Gasteiger partial charge < -0.3 is 14.7 Å². The number of aliphatic carboxylic acids is 1. The van der Waals surface area contributed by atoms with Crippen molar-refractivity contribution >= 4 is 11.5 Å². The molecule has 2 aromatic rings. The number of fused-ring (bicyclic) bond motifs is 2. The highest BCUT2D eigenvalue weighted by molar-refractivity contribution is 5.87. The summed E-state index contributed by atoms with van der Waals surface area (Å²) in [6.45, 7) is 6.75. The highest BCUT2D eigenvalue weighted by Gasteiger charge is 2.65. The van der Waals surface area contributed by atoms with Crippen LogP contribution in [0.1, 0.15) is 43.4 Å². The minimum Gasteiger partial charge on any atom is -0.488 e. The molecule has 0 radical (unpaired) electrons. The van der Waals surface area contributed by atoms with E-state index < -0.39 is 11.4 Å². The Balaban J connectivity index is 1.46. The second-order valence-corrected chi connectivity index (χ2v) is 9.26. The molecule has 0 aromatic heterocycles. The summed E-state index contributed by atoms with van der Waals surface area (Å²) in [5.41, 5.74) is 4.86. The van der Waals surface area contributed by atoms with E-state index in [4.69, 9.17) is 4.74 Å². The molecule has 2 heterocycles. The van der Waals surface area contributed by atoms with Crippen LogP contribution in [0.2, 0.25) is 0 Å². The van der Waals surface area contributed by atoms with Crippen molar-refractivity contribution < 1.29 is 19.0 Å². The van der Waals surface area contributed by atoms with Crippen LogP contribution in [0.4, 0.5) is 4.39 Å². The Kier molecular flexibility index (Phi) is 4.89. The first-order chi connectivity index (χ1) is 14.9. The van der Waals surface area contributed by atoms with Gasteiger partial charge in [0, 0.05) is 30.8 Å². The van der Waals surface area contributed by atoms with E-state index in [9.17, 15) is 14.3 Å². The number of likely N-dealkylation sites (tertiary alicyclic amines) is 1. The summed E-state index contributed by atoms with van der Waals surface area (Å²) in [5, 5.41) is 9.82. The molecule has 2 aliphatic heterocycles. The molecular formula is C26H28FNO3. The van der Waals surface area contributed by atoms with Gasteiger partial charge in [-0.3, -0.25) is 4.79 Å². The Labute approximate surface area is 182 Å². The Bertz CT molecular complexity index is 1060. The number of para-hydroxylation sites is 1. The predicted octanol–water partition coefficient (Wildman–Crippen LogP) is 4.97. The lowest BCUT2D eigenvalue weighted by Gasteiger charge is -2.32. The van der Waals surface area contributed by atoms with Crippen molar-refractivity contribution in [2.45, 2.75) is 33.3 Å². The van der Waals surface area contributed by atoms with Crippen LogP contribution in [-0.2, 0) is 11.4 Å². The number of rotatable bonds is 3. The van der Waals surface area contributed by atoms with Crippen molar-refractivity contribution in [2.75, 3.05) is 19.6 Å². The van der Waals surface area contributed by atoms with E-state index in [2.05, 4.69) is 24.8 Å². The number of hydrogen-bond acceptors (Lipinski definition) is 3. The van der Waals surface area contributed by atoms with Crippen LogP contribution in [0, 0.1) is 23.1 Å². The van der Waals surface area contributed by atoms with Gasteiger partial charge in [-0.05, 0) is 54.0 Å². The molecule has 2 aromatic carbocycles. The fraction of sp³-hybridized carbons (Fsp3) is 0.423. The summed E-state index contributed by atoms with van der Waals surface area (Å²) in [6.07, 6.45) is 1.75. The summed E-state index contributed by atoms with van der Waals surface area (Å²) in [4.78, 5) is 14.3. The summed E-state index contributed by atoms with van der Waals surface area (Å²) in [5.74, 6) is 0.353. The second-order valence-electron chi connectivity index (χ2n) is 9.26. The van der Waals surface area contributed by atoms with Crippen LogP contribution < -0.4 is 4.74 Å². The standard InChI is InChI=1S/C26H28FNO3/c1-16-17(2)26(16,25(29)30)15-28-11-9-18(10-12-28)24-21-8-7-20(27)13-19(21)14-31-23-6-4-3-5-22(23)24/h3-8,13,16-17H,9-12,14-15H2,1-2H3,(H,29,30). The molecule has 1 aliphatic carbocycles. The summed E-state index contributed by atoms with van der Waals surface area (Å²) in [6, 6.07) is 13.0. The van der Waals surface area contributed by atoms with Gasteiger partial charge in [0.2, 0.25) is 0 Å². The topological polar surface area (TPSA) is 49.8 Å². The quantitative estimate of drug-likeness (QED) is 0.760. The van der Waals surface area contributed by atoms with E-state index in [1.807, 2.05) is 24.3 Å². The molecule has 1 N–H and O–H groups in total. The molecule has 0 spiro atoms. The van der Waals surface area contributed by atoms with Gasteiger partial charge in [-0.15, -0.1) is 0 Å². The van der Waals surface area contributed by atoms with Gasteiger partial charge in [-0.1, -0.05) is 43.7 Å². The zero-order chi connectivity index (χ0) is 21.8. The monoisotopic (exact) mass is 421 g/mol. The molecule has 4 nitrogen and oxygen atoms in total. The maximum absolute atomic E-state index is 13.9. The number of carboxylic acid groups (broad SMARTS) is 1. The number of hydrogen-bond donors (Lipinski definition) is 1. The number of carbonyl (C=O) groups is 1. The largest absolute Gasteiger partial charge is 0.488 e. The lowest BCUT2D eigenvalue weighted by atomic mass is 9.86. The van der Waals surface area contributed by atoms with Gasteiger partial charge in [0.05, 0.1) is 5.41 Å². The van der Waals surface area contributed by atoms with Gasteiger partial charge in [0.1, 0.15) is 18.2 Å². The number of benzene rings is 2. The van der Waals surface area contributed by atoms with E-state index in [0.29, 0.717) is 13.2 Å². The van der Waals surface area contributed by atoms with Gasteiger partial charge in [0.15, 0.2) is 0 Å². The summed E-state index contributed by atoms with van der Waals surface area (Å²) in [7, 11) is 0. The van der Waals surface area contributed by atoms with E-state index in [0.717, 1.165) is 53.9 Å². The average molecular weight is 422 g/mol. The van der Waals surface area contributed by atoms with Crippen molar-refractivity contribution in [3.8, 4) is 5.75 Å². The Morgan fingerprint density at radius 2 is 1.84 bits per heavy atom. The van der Waals surface area contributed by atoms with Crippen LogP contribution in [0.25, 0.3) is 5.57 Å². The predicted molar refractivity (Wildman–Crippen MR) is 117 cm³/mol. The smallest absolute Gasteiger partial charge is 0.311 e. The molecule has 1 saturated heterocycles. The Morgan fingerprint density at radius 3 is 2.52 bits per heavy atom. The molecule has 3 aliphatic rings. The van der Waals surface area contributed by atoms with Crippen molar-refractivity contribution in [2.24, 2.45) is 17.3 Å². The molecule has 2 unspecified atom stereocenters. The third-order valence-electron chi connectivity index (χ3n) is 7.84. The van der Waals surface area contributed by atoms with Crippen molar-refractivity contribution in [1.29, 1.82) is 0 Å². The lowest BCUT2D eigenvalue weighted by Crippen LogP contribution is -2.40. The first kappa shape index (κ1) is 20.3. The van der Waals surface area contributed by atoms with E-state index in [1.165, 1.54) is 11.6 Å². The number of piperidine rings is 1. The molecule has 0 amide bonds. The van der Waals surface area contributed by atoms with Gasteiger partial charge >= 0.3 is 5.97 Å². The highest BCUT2D eigenvalue weighted by atomic mass is 19.1. The van der Waals surface area contributed by atoms with Crippen LogP contribution >= 0.6 is 0 Å². The SMILES string of the molecule is CC1C(C)C1(CN1CCC(=C2c3ccc(F)cc3COc3ccccc32)CC1)C(=O)O. The third-order valence-corrected chi connectivity index (χ3v) is 7.84. The highest BCUT2D eigenvalue weighted by Crippen LogP contribution is 2.59. The number of carboxylic acids is 1. The summed E-state index contributed by atoms with van der Waals surface area (Å²) < 4.78 is 20.0. The average Bonchev–Trinajstić information content (AvgIpc) is 3.35. The number of halogens is 1. The Hall–Kier alpha value is -2.66. The fourth-order valence-corrected chi connectivity index (χ4v) is 5.61. The summed E-state index contributed by atoms with van der Waals surface area (Å²) >= 11 is 0. The lowest BCUT2D eigenvalue weighted by molar-refractivity contribution is -0.145. The zero-order valence-corrected chi connectivity index (χ0v) is 18.0. The van der Waals surface area contributed by atoms with Crippen LogP contribution in [0.3, 0.4) is 0 Å². The second kappa shape index (κ2) is 7.49. The maximum atomic E-state index is 13.9. The minimum absolute atomic E-state index is 0.220. The van der Waals surface area contributed by atoms with Gasteiger partial charge in [0.25, 0.3) is 0 Å². The van der Waals surface area contributed by atoms with Crippen molar-refractivity contribution in [3.63, 3.8) is 0 Å². The molecule has 162 valence electrons. The van der Waals surface area contributed by atoms with Crippen LogP contribution in [0.5, 0.6) is 5.75 Å². The first-order valence-electron chi connectivity index (χ1n) is 11.1. The molecule has 0 bridgehead atoms. The fourth-order valence-electron chi connectivity index (χ4n) is 5.61. The van der Waals surface area contributed by atoms with Gasteiger partial charge in [-0.2, -0.15) is 0 Å². The number of nitrogens with zero attached hydrogens (tertiary/aromatic N) is 1. The number of ether oxygens (including phenoxy) is 1. The Morgan fingerprint density at radius 1 is 1.13 bits per heavy atom. The molecule has 5 heteroatoms. The molecule has 2 atom stereocenters. The minimum atomic E-state index is -0.664. The molecule has 5 rings (SSSR count). The normalized spacial score (nSPS) is 27.7. The zero-order valence-electron chi connectivity index (χ0n) is 18.0. The van der Waals surface area contributed by atoms with Crippen LogP contribution in [-0.4, -0.2) is 35.6 Å². The van der Waals surface area contributed by atoms with Gasteiger partial charge in [-0.25, -0.2) is 4.39 Å². The van der Waals surface area contributed by atoms with Crippen molar-refractivity contribution in [1.82, 2.24) is 4.90 Å². The van der Waals surface area contributed by atoms with E-state index in [-0.39, 0.29) is 17.7 Å². The molecule has 31 heavy (non-hydrogen) atoms. The van der Waals surface area contributed by atoms with Crippen molar-refractivity contribution in [3.05, 3.63) is 70.5 Å². The van der Waals surface area contributed by atoms with Crippen LogP contribution in [0.15, 0.2) is 48.0 Å². The van der Waals surface area contributed by atoms with E-state index in [1.54, 1.807) is 6.07 Å². The maximum Gasteiger partial charge on any atom is 0.311 e. The first-order valence-corrected chi connectivity index (χ1v) is 11.1.